The van der Waals surface area contributed by atoms with Crippen molar-refractivity contribution in [2.24, 2.45) is 0 Å². The average Bonchev–Trinajstić information content (AvgIpc) is 3.59. The summed E-state index contributed by atoms with van der Waals surface area (Å²) in [5.74, 6) is 0.542. The first-order valence-electron chi connectivity index (χ1n) is 12.5. The second-order valence-corrected chi connectivity index (χ2v) is 10.8. The third kappa shape index (κ3) is 5.86. The highest BCUT2D eigenvalue weighted by Gasteiger charge is 2.25. The molecule has 0 radical (unpaired) electrons. The minimum atomic E-state index is -4.06. The molecule has 0 bridgehead atoms. The highest BCUT2D eigenvalue weighted by molar-refractivity contribution is 7.92. The number of hydrogen-bond acceptors (Lipinski definition) is 9. The Kier molecular flexibility index (Phi) is 8.86. The number of fused-ring (bicyclic) bond motifs is 1. The molecule has 214 valence electrons. The molecule has 0 aliphatic carbocycles. The van der Waals surface area contributed by atoms with E-state index in [-0.39, 0.29) is 34.8 Å². The molecule has 1 fully saturated rings. The number of carbonyl (C=O) groups excluding carboxylic acids is 1. The topological polar surface area (TPSA) is 141 Å². The molecular weight excluding hydrogens is 560 g/mol. The minimum absolute atomic E-state index is 0. The maximum atomic E-state index is 13.3. The normalized spacial score (nSPS) is 13.6. The Bertz CT molecular complexity index is 1610. The molecule has 5 rings (SSSR count). The third-order valence-electron chi connectivity index (χ3n) is 6.60. The Morgan fingerprint density at radius 3 is 2.55 bits per heavy atom. The minimum Gasteiger partial charge on any atom is -0.496 e. The Hall–Kier alpha value is -3.81. The van der Waals surface area contributed by atoms with E-state index in [1.54, 1.807) is 46.2 Å². The SMILES string of the molecule is CCc1ccc(OC)c(S(=O)(=O)Nc2noc3cc(Cn4cc(C(=O)N5CCNCC5)cn4)cc(OC)c23)c1.Cl. The molecule has 12 nitrogen and oxygen atoms in total. The van der Waals surface area contributed by atoms with Gasteiger partial charge in [0.1, 0.15) is 21.8 Å². The van der Waals surface area contributed by atoms with Crippen LogP contribution in [0.5, 0.6) is 11.5 Å². The van der Waals surface area contributed by atoms with Crippen LogP contribution in [-0.2, 0) is 23.0 Å². The molecule has 2 aromatic heterocycles. The van der Waals surface area contributed by atoms with Crippen LogP contribution in [0.15, 0.2) is 52.1 Å². The van der Waals surface area contributed by atoms with Crippen LogP contribution < -0.4 is 19.5 Å². The van der Waals surface area contributed by atoms with E-state index in [9.17, 15) is 13.2 Å². The van der Waals surface area contributed by atoms with E-state index in [0.717, 1.165) is 24.2 Å². The van der Waals surface area contributed by atoms with Gasteiger partial charge in [0.25, 0.3) is 15.9 Å². The van der Waals surface area contributed by atoms with Crippen LogP contribution in [-0.4, -0.2) is 74.6 Å². The summed E-state index contributed by atoms with van der Waals surface area (Å²) in [6.07, 6.45) is 3.93. The first kappa shape index (κ1) is 29.2. The fraction of sp³-hybridized carbons (Fsp3) is 0.346. The highest BCUT2D eigenvalue weighted by atomic mass is 35.5. The van der Waals surface area contributed by atoms with Gasteiger partial charge in [0, 0.05) is 32.4 Å². The first-order chi connectivity index (χ1) is 18.8. The number of nitrogens with one attached hydrogen (secondary N) is 2. The number of halogens is 1. The maximum Gasteiger partial charge on any atom is 0.266 e. The number of aromatic nitrogens is 3. The smallest absolute Gasteiger partial charge is 0.266 e. The Balaban J connectivity index is 0.00000370. The molecule has 1 amide bonds. The number of sulfonamides is 1. The third-order valence-corrected chi connectivity index (χ3v) is 7.96. The van der Waals surface area contributed by atoms with Crippen LogP contribution in [0.25, 0.3) is 11.0 Å². The number of nitrogens with zero attached hydrogens (tertiary/aromatic N) is 4. The number of piperazine rings is 1. The average molecular weight is 591 g/mol. The number of methoxy groups -OCH3 is 2. The fourth-order valence-electron chi connectivity index (χ4n) is 4.54. The van der Waals surface area contributed by atoms with Crippen LogP contribution in [0, 0.1) is 0 Å². The molecule has 40 heavy (non-hydrogen) atoms. The van der Waals surface area contributed by atoms with E-state index >= 15 is 0 Å². The molecule has 1 saturated heterocycles. The number of carbonyl (C=O) groups is 1. The van der Waals surface area contributed by atoms with Crippen molar-refractivity contribution in [3.8, 4) is 11.5 Å². The van der Waals surface area contributed by atoms with Crippen molar-refractivity contribution in [2.45, 2.75) is 24.8 Å². The van der Waals surface area contributed by atoms with Crippen LogP contribution in [0.4, 0.5) is 5.82 Å². The van der Waals surface area contributed by atoms with Gasteiger partial charge in [-0.15, -0.1) is 12.4 Å². The largest absolute Gasteiger partial charge is 0.496 e. The lowest BCUT2D eigenvalue weighted by molar-refractivity contribution is 0.0735. The molecule has 2 aromatic carbocycles. The molecule has 1 aliphatic rings. The summed E-state index contributed by atoms with van der Waals surface area (Å²) >= 11 is 0. The zero-order valence-corrected chi connectivity index (χ0v) is 24.0. The predicted octanol–water partition coefficient (Wildman–Crippen LogP) is 2.92. The number of rotatable bonds is 9. The molecular formula is C26H31ClN6O6S. The lowest BCUT2D eigenvalue weighted by atomic mass is 10.1. The second-order valence-electron chi connectivity index (χ2n) is 9.12. The molecule has 1 aliphatic heterocycles. The van der Waals surface area contributed by atoms with Gasteiger partial charge in [0.05, 0.1) is 32.5 Å². The van der Waals surface area contributed by atoms with Crippen LogP contribution in [0.3, 0.4) is 0 Å². The maximum absolute atomic E-state index is 13.3. The van der Waals surface area contributed by atoms with Crippen molar-refractivity contribution < 1.29 is 27.2 Å². The van der Waals surface area contributed by atoms with Gasteiger partial charge >= 0.3 is 0 Å². The molecule has 14 heteroatoms. The molecule has 0 unspecified atom stereocenters. The molecule has 4 aromatic rings. The van der Waals surface area contributed by atoms with Crippen LogP contribution in [0.2, 0.25) is 0 Å². The number of benzene rings is 2. The fourth-order valence-corrected chi connectivity index (χ4v) is 5.77. The standard InChI is InChI=1S/C26H30N6O6S.ClH/c1-4-17-5-6-20(36-2)23(13-17)39(34,35)30-25-24-21(37-3)11-18(12-22(24)38-29-25)15-32-16-19(14-28-32)26(33)31-9-7-27-8-10-31;/h5-6,11-14,16,27H,4,7-10,15H2,1-3H3,(H,29,30);1H. The van der Waals surface area contributed by atoms with Crippen molar-refractivity contribution in [3.05, 3.63) is 59.4 Å². The molecule has 0 saturated carbocycles. The van der Waals surface area contributed by atoms with Gasteiger partial charge in [-0.2, -0.15) is 5.10 Å². The number of anilines is 1. The van der Waals surface area contributed by atoms with Gasteiger partial charge in [-0.1, -0.05) is 18.1 Å². The van der Waals surface area contributed by atoms with E-state index in [1.807, 2.05) is 13.0 Å². The van der Waals surface area contributed by atoms with Crippen molar-refractivity contribution >= 4 is 45.1 Å². The Morgan fingerprint density at radius 2 is 1.85 bits per heavy atom. The number of aryl methyl sites for hydroxylation is 1. The number of hydrogen-bond donors (Lipinski definition) is 2. The van der Waals surface area contributed by atoms with Crippen LogP contribution >= 0.6 is 12.4 Å². The second kappa shape index (κ2) is 12.1. The molecule has 0 atom stereocenters. The summed E-state index contributed by atoms with van der Waals surface area (Å²) < 4.78 is 47.1. The van der Waals surface area contributed by atoms with E-state index in [4.69, 9.17) is 14.0 Å². The van der Waals surface area contributed by atoms with E-state index in [0.29, 0.717) is 48.3 Å². The zero-order valence-electron chi connectivity index (χ0n) is 22.3. The van der Waals surface area contributed by atoms with Crippen molar-refractivity contribution in [1.82, 2.24) is 25.2 Å². The summed E-state index contributed by atoms with van der Waals surface area (Å²) in [4.78, 5) is 14.6. The van der Waals surface area contributed by atoms with E-state index in [1.165, 1.54) is 14.2 Å². The summed E-state index contributed by atoms with van der Waals surface area (Å²) in [6, 6.07) is 8.51. The lowest BCUT2D eigenvalue weighted by Crippen LogP contribution is -2.46. The van der Waals surface area contributed by atoms with E-state index in [2.05, 4.69) is 20.3 Å². The number of amides is 1. The van der Waals surface area contributed by atoms with Gasteiger partial charge in [-0.3, -0.25) is 14.2 Å². The Labute approximate surface area is 238 Å². The van der Waals surface area contributed by atoms with Crippen molar-refractivity contribution in [3.63, 3.8) is 0 Å². The molecule has 3 heterocycles. The van der Waals surface area contributed by atoms with Crippen molar-refractivity contribution in [1.29, 1.82) is 0 Å². The van der Waals surface area contributed by atoms with Gasteiger partial charge in [0.2, 0.25) is 0 Å². The summed E-state index contributed by atoms with van der Waals surface area (Å²) in [6.45, 7) is 5.14. The first-order valence-corrected chi connectivity index (χ1v) is 14.0. The van der Waals surface area contributed by atoms with Crippen molar-refractivity contribution in [2.75, 3.05) is 45.1 Å². The van der Waals surface area contributed by atoms with Gasteiger partial charge in [0.15, 0.2) is 11.4 Å². The van der Waals surface area contributed by atoms with Gasteiger partial charge in [-0.05, 0) is 41.8 Å². The summed E-state index contributed by atoms with van der Waals surface area (Å²) in [5, 5.41) is 11.9. The Morgan fingerprint density at radius 1 is 1.10 bits per heavy atom. The number of ether oxygens (including phenoxy) is 2. The van der Waals surface area contributed by atoms with Gasteiger partial charge < -0.3 is 24.2 Å². The quantitative estimate of drug-likeness (QED) is 0.301. The van der Waals surface area contributed by atoms with E-state index < -0.39 is 10.0 Å². The molecule has 0 spiro atoms. The summed E-state index contributed by atoms with van der Waals surface area (Å²) in [5.41, 5.74) is 2.47. The monoisotopic (exact) mass is 590 g/mol. The zero-order chi connectivity index (χ0) is 27.6. The predicted molar refractivity (Wildman–Crippen MR) is 151 cm³/mol. The molecule has 2 N–H and O–H groups in total. The summed E-state index contributed by atoms with van der Waals surface area (Å²) in [7, 11) is -1.16. The van der Waals surface area contributed by atoms with Gasteiger partial charge in [-0.25, -0.2) is 8.42 Å². The van der Waals surface area contributed by atoms with Crippen LogP contribution in [0.1, 0.15) is 28.4 Å². The highest BCUT2D eigenvalue weighted by Crippen LogP contribution is 2.36. The lowest BCUT2D eigenvalue weighted by Gasteiger charge is -2.26.